The van der Waals surface area contributed by atoms with E-state index in [4.69, 9.17) is 0 Å². The second-order valence-corrected chi connectivity index (χ2v) is 3.86. The van der Waals surface area contributed by atoms with Crippen LogP contribution < -0.4 is 10.6 Å². The highest BCUT2D eigenvalue weighted by atomic mass is 16.2. The first-order valence-corrected chi connectivity index (χ1v) is 5.42. The molecular formula is C13H11N3O. The van der Waals surface area contributed by atoms with Crippen LogP contribution in [0.25, 0.3) is 0 Å². The summed E-state index contributed by atoms with van der Waals surface area (Å²) in [7, 11) is 0. The topological polar surface area (TPSA) is 54.0 Å². The maximum atomic E-state index is 11.9. The van der Waals surface area contributed by atoms with Gasteiger partial charge in [-0.15, -0.1) is 0 Å². The Labute approximate surface area is 98.7 Å². The lowest BCUT2D eigenvalue weighted by Crippen LogP contribution is -2.38. The van der Waals surface area contributed by atoms with Gasteiger partial charge in [-0.25, -0.2) is 4.98 Å². The van der Waals surface area contributed by atoms with Crippen molar-refractivity contribution in [1.29, 1.82) is 0 Å². The molecule has 0 unspecified atom stereocenters. The van der Waals surface area contributed by atoms with E-state index in [9.17, 15) is 4.79 Å². The molecule has 17 heavy (non-hydrogen) atoms. The third kappa shape index (κ3) is 1.73. The highest BCUT2D eigenvalue weighted by Crippen LogP contribution is 2.23. The van der Waals surface area contributed by atoms with Gasteiger partial charge in [0.2, 0.25) is 0 Å². The van der Waals surface area contributed by atoms with Crippen molar-refractivity contribution < 1.29 is 4.79 Å². The van der Waals surface area contributed by atoms with Crippen molar-refractivity contribution in [3.63, 3.8) is 0 Å². The first-order chi connectivity index (χ1) is 8.34. The van der Waals surface area contributed by atoms with Gasteiger partial charge in [0.05, 0.1) is 5.56 Å². The molecule has 84 valence electrons. The van der Waals surface area contributed by atoms with Gasteiger partial charge >= 0.3 is 0 Å². The van der Waals surface area contributed by atoms with Crippen LogP contribution in [0.5, 0.6) is 0 Å². The fourth-order valence-corrected chi connectivity index (χ4v) is 1.90. The van der Waals surface area contributed by atoms with Gasteiger partial charge in [-0.1, -0.05) is 30.3 Å². The number of nitrogens with one attached hydrogen (secondary N) is 2. The summed E-state index contributed by atoms with van der Waals surface area (Å²) in [5, 5.41) is 6.10. The number of nitrogens with zero attached hydrogens (tertiary/aromatic N) is 1. The van der Waals surface area contributed by atoms with Crippen LogP contribution in [0.1, 0.15) is 22.1 Å². The number of hydrogen-bond donors (Lipinski definition) is 2. The van der Waals surface area contributed by atoms with E-state index in [0.29, 0.717) is 11.4 Å². The van der Waals surface area contributed by atoms with E-state index in [-0.39, 0.29) is 12.1 Å². The molecule has 2 aromatic rings. The average molecular weight is 225 g/mol. The molecule has 0 fully saturated rings. The minimum atomic E-state index is -0.217. The summed E-state index contributed by atoms with van der Waals surface area (Å²) >= 11 is 0. The van der Waals surface area contributed by atoms with Crippen LogP contribution in [-0.2, 0) is 0 Å². The Morgan fingerprint density at radius 2 is 1.82 bits per heavy atom. The Morgan fingerprint density at radius 1 is 1.00 bits per heavy atom. The van der Waals surface area contributed by atoms with E-state index in [0.717, 1.165) is 5.56 Å². The number of anilines is 1. The molecule has 0 saturated carbocycles. The molecule has 0 spiro atoms. The minimum absolute atomic E-state index is 0.0966. The van der Waals surface area contributed by atoms with E-state index in [1.807, 2.05) is 30.3 Å². The zero-order valence-electron chi connectivity index (χ0n) is 9.05. The molecule has 1 amide bonds. The van der Waals surface area contributed by atoms with E-state index in [1.54, 1.807) is 18.3 Å². The number of pyridine rings is 1. The smallest absolute Gasteiger partial charge is 0.256 e. The third-order valence-corrected chi connectivity index (χ3v) is 2.74. The predicted molar refractivity (Wildman–Crippen MR) is 64.5 cm³/mol. The molecule has 1 aliphatic heterocycles. The number of aromatic nitrogens is 1. The molecule has 2 heterocycles. The van der Waals surface area contributed by atoms with Gasteiger partial charge in [-0.2, -0.15) is 0 Å². The Morgan fingerprint density at radius 3 is 2.65 bits per heavy atom. The van der Waals surface area contributed by atoms with Gasteiger partial charge in [0.1, 0.15) is 12.0 Å². The average Bonchev–Trinajstić information content (AvgIpc) is 2.40. The minimum Gasteiger partial charge on any atom is -0.346 e. The van der Waals surface area contributed by atoms with E-state index in [1.165, 1.54) is 0 Å². The predicted octanol–water partition coefficient (Wildman–Crippen LogP) is 1.94. The lowest BCUT2D eigenvalue weighted by molar-refractivity contribution is 0.0935. The maximum Gasteiger partial charge on any atom is 0.256 e. The van der Waals surface area contributed by atoms with Crippen molar-refractivity contribution in [3.05, 3.63) is 59.8 Å². The Balaban J connectivity index is 1.97. The number of hydrogen-bond acceptors (Lipinski definition) is 3. The first kappa shape index (κ1) is 9.84. The lowest BCUT2D eigenvalue weighted by Gasteiger charge is -2.27. The lowest BCUT2D eigenvalue weighted by atomic mass is 10.1. The normalized spacial score (nSPS) is 17.9. The SMILES string of the molecule is O=C1N[C@H](c2ccccc2)Nc2ncccc21. The van der Waals surface area contributed by atoms with Crippen molar-refractivity contribution in [2.24, 2.45) is 0 Å². The highest BCUT2D eigenvalue weighted by molar-refractivity contribution is 6.00. The molecule has 0 aliphatic carbocycles. The number of rotatable bonds is 1. The van der Waals surface area contributed by atoms with Crippen LogP contribution in [0.4, 0.5) is 5.82 Å². The van der Waals surface area contributed by atoms with Crippen molar-refractivity contribution >= 4 is 11.7 Å². The Bertz CT molecular complexity index is 554. The summed E-state index contributed by atoms with van der Waals surface area (Å²) in [6, 6.07) is 13.3. The number of carbonyl (C=O) groups is 1. The van der Waals surface area contributed by atoms with Crippen molar-refractivity contribution in [3.8, 4) is 0 Å². The molecule has 4 heteroatoms. The number of amides is 1. The summed E-state index contributed by atoms with van der Waals surface area (Å²) in [4.78, 5) is 16.1. The number of carbonyl (C=O) groups excluding carboxylic acids is 1. The molecule has 2 N–H and O–H groups in total. The summed E-state index contributed by atoms with van der Waals surface area (Å²) in [5.41, 5.74) is 1.59. The summed E-state index contributed by atoms with van der Waals surface area (Å²) in [6.07, 6.45) is 1.46. The monoisotopic (exact) mass is 225 g/mol. The van der Waals surface area contributed by atoms with E-state index >= 15 is 0 Å². The summed E-state index contributed by atoms with van der Waals surface area (Å²) < 4.78 is 0. The zero-order valence-corrected chi connectivity index (χ0v) is 9.05. The second kappa shape index (κ2) is 3.90. The van der Waals surface area contributed by atoms with Crippen LogP contribution in [0.3, 0.4) is 0 Å². The maximum absolute atomic E-state index is 11.9. The fraction of sp³-hybridized carbons (Fsp3) is 0.0769. The molecule has 0 saturated heterocycles. The van der Waals surface area contributed by atoms with Gasteiger partial charge in [-0.05, 0) is 17.7 Å². The number of fused-ring (bicyclic) bond motifs is 1. The molecule has 1 atom stereocenters. The van der Waals surface area contributed by atoms with Crippen molar-refractivity contribution in [1.82, 2.24) is 10.3 Å². The van der Waals surface area contributed by atoms with Crippen LogP contribution in [0.15, 0.2) is 48.7 Å². The number of benzene rings is 1. The summed E-state index contributed by atoms with van der Waals surface area (Å²) in [6.45, 7) is 0. The van der Waals surface area contributed by atoms with Gasteiger partial charge in [0.15, 0.2) is 0 Å². The van der Waals surface area contributed by atoms with E-state index in [2.05, 4.69) is 15.6 Å². The van der Waals surface area contributed by atoms with Gasteiger partial charge in [0.25, 0.3) is 5.91 Å². The van der Waals surface area contributed by atoms with Gasteiger partial charge in [-0.3, -0.25) is 4.79 Å². The highest BCUT2D eigenvalue weighted by Gasteiger charge is 2.24. The second-order valence-electron chi connectivity index (χ2n) is 3.86. The van der Waals surface area contributed by atoms with Crippen LogP contribution in [0, 0.1) is 0 Å². The zero-order chi connectivity index (χ0) is 11.7. The Hall–Kier alpha value is -2.36. The fourth-order valence-electron chi connectivity index (χ4n) is 1.90. The standard InChI is InChI=1S/C13H11N3O/c17-13-10-7-4-8-14-12(10)15-11(16-13)9-5-2-1-3-6-9/h1-8,11H,(H,14,15)(H,16,17)/t11-/m1/s1. The molecule has 4 nitrogen and oxygen atoms in total. The van der Waals surface area contributed by atoms with Crippen LogP contribution in [-0.4, -0.2) is 10.9 Å². The molecule has 1 aromatic carbocycles. The Kier molecular flexibility index (Phi) is 2.26. The molecule has 3 rings (SSSR count). The largest absolute Gasteiger partial charge is 0.346 e. The van der Waals surface area contributed by atoms with Crippen molar-refractivity contribution in [2.45, 2.75) is 6.17 Å². The van der Waals surface area contributed by atoms with Crippen LogP contribution in [0.2, 0.25) is 0 Å². The van der Waals surface area contributed by atoms with Crippen LogP contribution >= 0.6 is 0 Å². The van der Waals surface area contributed by atoms with Gasteiger partial charge in [0, 0.05) is 6.20 Å². The molecular weight excluding hydrogens is 214 g/mol. The molecule has 0 radical (unpaired) electrons. The van der Waals surface area contributed by atoms with Gasteiger partial charge < -0.3 is 10.6 Å². The van der Waals surface area contributed by atoms with Crippen molar-refractivity contribution in [2.75, 3.05) is 5.32 Å². The first-order valence-electron chi connectivity index (χ1n) is 5.42. The summed E-state index contributed by atoms with van der Waals surface area (Å²) in [5.74, 6) is 0.533. The quantitative estimate of drug-likeness (QED) is 0.779. The molecule has 1 aromatic heterocycles. The third-order valence-electron chi connectivity index (χ3n) is 2.74. The van der Waals surface area contributed by atoms with E-state index < -0.39 is 0 Å². The molecule has 0 bridgehead atoms. The molecule has 1 aliphatic rings.